The molecule has 1 aromatic rings. The molecule has 100 valence electrons. The molecule has 0 fully saturated rings. The predicted octanol–water partition coefficient (Wildman–Crippen LogP) is 0.811. The van der Waals surface area contributed by atoms with Crippen molar-refractivity contribution in [2.75, 3.05) is 34.3 Å². The topological polar surface area (TPSA) is 49.9 Å². The molecule has 1 heterocycles. The summed E-state index contributed by atoms with van der Waals surface area (Å²) in [6.45, 7) is 0.925. The SMILES string of the molecule is COC(=O)CN(C)CC(=O)N(C)Cc1cccs1. The van der Waals surface area contributed by atoms with Gasteiger partial charge in [-0.1, -0.05) is 6.07 Å². The molecule has 0 N–H and O–H groups in total. The number of thiophene rings is 1. The maximum absolute atomic E-state index is 11.9. The number of rotatable bonds is 6. The van der Waals surface area contributed by atoms with Crippen LogP contribution in [0.25, 0.3) is 0 Å². The fourth-order valence-corrected chi connectivity index (χ4v) is 2.17. The standard InChI is InChI=1S/C12H18N2O3S/c1-13(9-12(16)17-3)8-11(15)14(2)7-10-5-4-6-18-10/h4-6H,7-9H2,1-3H3. The van der Waals surface area contributed by atoms with E-state index in [1.165, 1.54) is 7.11 Å². The van der Waals surface area contributed by atoms with Crippen LogP contribution in [-0.4, -0.2) is 56.0 Å². The van der Waals surface area contributed by atoms with Gasteiger partial charge in [0.2, 0.25) is 5.91 Å². The zero-order valence-corrected chi connectivity index (χ0v) is 11.7. The first kappa shape index (κ1) is 14.7. The fourth-order valence-electron chi connectivity index (χ4n) is 1.42. The van der Waals surface area contributed by atoms with Crippen LogP contribution in [0, 0.1) is 0 Å². The average molecular weight is 270 g/mol. The number of methoxy groups -OCH3 is 1. The van der Waals surface area contributed by atoms with E-state index in [0.29, 0.717) is 6.54 Å². The Morgan fingerprint density at radius 2 is 2.06 bits per heavy atom. The van der Waals surface area contributed by atoms with Gasteiger partial charge in [-0.15, -0.1) is 11.3 Å². The van der Waals surface area contributed by atoms with E-state index < -0.39 is 0 Å². The summed E-state index contributed by atoms with van der Waals surface area (Å²) in [5.74, 6) is -0.360. The van der Waals surface area contributed by atoms with Gasteiger partial charge in [-0.25, -0.2) is 0 Å². The molecule has 0 aliphatic rings. The number of likely N-dealkylation sites (N-methyl/N-ethyl adjacent to an activating group) is 2. The molecule has 0 bridgehead atoms. The lowest BCUT2D eigenvalue weighted by atomic mass is 10.4. The summed E-state index contributed by atoms with van der Waals surface area (Å²) in [6.07, 6.45) is 0. The molecule has 1 amide bonds. The second-order valence-electron chi connectivity index (χ2n) is 4.08. The van der Waals surface area contributed by atoms with Gasteiger partial charge < -0.3 is 9.64 Å². The van der Waals surface area contributed by atoms with Crippen LogP contribution in [0.15, 0.2) is 17.5 Å². The number of hydrogen-bond donors (Lipinski definition) is 0. The van der Waals surface area contributed by atoms with Gasteiger partial charge in [-0.05, 0) is 18.5 Å². The van der Waals surface area contributed by atoms with Gasteiger partial charge in [0, 0.05) is 11.9 Å². The molecule has 0 atom stereocenters. The molecule has 0 saturated carbocycles. The quantitative estimate of drug-likeness (QED) is 0.718. The van der Waals surface area contributed by atoms with E-state index in [0.717, 1.165) is 4.88 Å². The number of carbonyl (C=O) groups is 2. The summed E-state index contributed by atoms with van der Waals surface area (Å²) >= 11 is 1.62. The van der Waals surface area contributed by atoms with Crippen LogP contribution in [-0.2, 0) is 20.9 Å². The van der Waals surface area contributed by atoms with Crippen LogP contribution in [0.5, 0.6) is 0 Å². The summed E-state index contributed by atoms with van der Waals surface area (Å²) in [7, 11) is 4.81. The van der Waals surface area contributed by atoms with Gasteiger partial charge in [0.15, 0.2) is 0 Å². The molecule has 0 aromatic carbocycles. The Bertz CT molecular complexity index is 392. The van der Waals surface area contributed by atoms with E-state index in [1.54, 1.807) is 35.2 Å². The number of esters is 1. The Morgan fingerprint density at radius 1 is 1.33 bits per heavy atom. The van der Waals surface area contributed by atoms with Crippen molar-refractivity contribution in [2.45, 2.75) is 6.54 Å². The lowest BCUT2D eigenvalue weighted by Crippen LogP contribution is -2.38. The molecule has 0 aliphatic carbocycles. The smallest absolute Gasteiger partial charge is 0.319 e. The zero-order chi connectivity index (χ0) is 13.5. The van der Waals surface area contributed by atoms with E-state index in [4.69, 9.17) is 0 Å². The second kappa shape index (κ2) is 7.13. The van der Waals surface area contributed by atoms with Crippen molar-refractivity contribution in [1.82, 2.24) is 9.80 Å². The van der Waals surface area contributed by atoms with Gasteiger partial charge in [0.1, 0.15) is 0 Å². The average Bonchev–Trinajstić information content (AvgIpc) is 2.81. The minimum absolute atomic E-state index is 0.0187. The third-order valence-corrected chi connectivity index (χ3v) is 3.29. The van der Waals surface area contributed by atoms with Crippen molar-refractivity contribution in [2.24, 2.45) is 0 Å². The highest BCUT2D eigenvalue weighted by molar-refractivity contribution is 7.09. The molecule has 1 aromatic heterocycles. The van der Waals surface area contributed by atoms with Gasteiger partial charge in [0.25, 0.3) is 0 Å². The Kier molecular flexibility index (Phi) is 5.80. The lowest BCUT2D eigenvalue weighted by Gasteiger charge is -2.20. The summed E-state index contributed by atoms with van der Waals surface area (Å²) in [6, 6.07) is 3.95. The largest absolute Gasteiger partial charge is 0.468 e. The number of hydrogen-bond acceptors (Lipinski definition) is 5. The third kappa shape index (κ3) is 4.85. The summed E-state index contributed by atoms with van der Waals surface area (Å²) in [5.41, 5.74) is 0. The van der Waals surface area contributed by atoms with E-state index in [2.05, 4.69) is 4.74 Å². The van der Waals surface area contributed by atoms with Crippen LogP contribution in [0.2, 0.25) is 0 Å². The third-order valence-electron chi connectivity index (χ3n) is 2.43. The fraction of sp³-hybridized carbons (Fsp3) is 0.500. The van der Waals surface area contributed by atoms with Crippen LogP contribution in [0.3, 0.4) is 0 Å². The highest BCUT2D eigenvalue weighted by Gasteiger charge is 2.14. The van der Waals surface area contributed by atoms with Crippen LogP contribution in [0.1, 0.15) is 4.88 Å². The summed E-state index contributed by atoms with van der Waals surface area (Å²) in [4.78, 5) is 27.4. The number of amides is 1. The Balaban J connectivity index is 2.37. The van der Waals surface area contributed by atoms with E-state index in [-0.39, 0.29) is 25.0 Å². The van der Waals surface area contributed by atoms with Gasteiger partial charge in [0.05, 0.1) is 26.7 Å². The Labute approximate surface area is 111 Å². The van der Waals surface area contributed by atoms with Gasteiger partial charge in [-0.3, -0.25) is 14.5 Å². The van der Waals surface area contributed by atoms with Gasteiger partial charge in [-0.2, -0.15) is 0 Å². The van der Waals surface area contributed by atoms with E-state index in [9.17, 15) is 9.59 Å². The molecule has 1 rings (SSSR count). The minimum atomic E-state index is -0.341. The first-order chi connectivity index (χ1) is 8.52. The Morgan fingerprint density at radius 3 is 2.61 bits per heavy atom. The first-order valence-corrected chi connectivity index (χ1v) is 6.42. The molecule has 6 heteroatoms. The highest BCUT2D eigenvalue weighted by Crippen LogP contribution is 2.10. The lowest BCUT2D eigenvalue weighted by molar-refractivity contribution is -0.142. The van der Waals surface area contributed by atoms with Crippen molar-refractivity contribution in [3.05, 3.63) is 22.4 Å². The number of nitrogens with zero attached hydrogens (tertiary/aromatic N) is 2. The van der Waals surface area contributed by atoms with Crippen molar-refractivity contribution in [3.63, 3.8) is 0 Å². The molecular formula is C12H18N2O3S. The molecule has 18 heavy (non-hydrogen) atoms. The molecule has 0 saturated heterocycles. The van der Waals surface area contributed by atoms with Crippen LogP contribution in [0.4, 0.5) is 0 Å². The Hall–Kier alpha value is -1.40. The van der Waals surface area contributed by atoms with Crippen LogP contribution < -0.4 is 0 Å². The second-order valence-corrected chi connectivity index (χ2v) is 5.11. The van der Waals surface area contributed by atoms with Gasteiger partial charge >= 0.3 is 5.97 Å². The maximum atomic E-state index is 11.9. The van der Waals surface area contributed by atoms with E-state index in [1.807, 2.05) is 17.5 Å². The molecule has 0 spiro atoms. The van der Waals surface area contributed by atoms with Crippen molar-refractivity contribution < 1.29 is 14.3 Å². The summed E-state index contributed by atoms with van der Waals surface area (Å²) in [5, 5.41) is 1.98. The molecule has 0 radical (unpaired) electrons. The van der Waals surface area contributed by atoms with Crippen molar-refractivity contribution in [3.8, 4) is 0 Å². The normalized spacial score (nSPS) is 10.4. The number of ether oxygens (including phenoxy) is 1. The molecule has 0 aliphatic heterocycles. The molecule has 0 unspecified atom stereocenters. The molecule has 5 nitrogen and oxygen atoms in total. The molecular weight excluding hydrogens is 252 g/mol. The number of carbonyl (C=O) groups excluding carboxylic acids is 2. The monoisotopic (exact) mass is 270 g/mol. The van der Waals surface area contributed by atoms with Crippen molar-refractivity contribution in [1.29, 1.82) is 0 Å². The van der Waals surface area contributed by atoms with Crippen molar-refractivity contribution >= 4 is 23.2 Å². The minimum Gasteiger partial charge on any atom is -0.468 e. The zero-order valence-electron chi connectivity index (χ0n) is 10.9. The van der Waals surface area contributed by atoms with Crippen LogP contribution >= 0.6 is 11.3 Å². The first-order valence-electron chi connectivity index (χ1n) is 5.54. The predicted molar refractivity (Wildman–Crippen MR) is 70.3 cm³/mol. The highest BCUT2D eigenvalue weighted by atomic mass is 32.1. The van der Waals surface area contributed by atoms with E-state index >= 15 is 0 Å². The maximum Gasteiger partial charge on any atom is 0.319 e. The summed E-state index contributed by atoms with van der Waals surface area (Å²) < 4.78 is 4.54.